The molecule has 0 aromatic carbocycles. The molecule has 0 saturated heterocycles. The standard InChI is InChI=1S/C7H12.C7H11.2C4H10O.CH4/c2*1-3-5-7-6-4-2;2*1-4(2,3)5;/h3-6H,7H2,1-2H3;3-6H,1,7H2,2H3;2*5H,1-3H3;1H4/q;+1;;;. The minimum absolute atomic E-state index is 0. The fraction of sp³-hybridized carbons (Fsp3) is 0.609. The zero-order valence-electron chi connectivity index (χ0n) is 17.6. The predicted molar refractivity (Wildman–Crippen MR) is 119 cm³/mol. The third-order valence-electron chi connectivity index (χ3n) is 1.42. The monoisotopic (exact) mass is 355 g/mol. The highest BCUT2D eigenvalue weighted by atomic mass is 16.3. The van der Waals surface area contributed by atoms with Crippen LogP contribution in [0.4, 0.5) is 0 Å². The summed E-state index contributed by atoms with van der Waals surface area (Å²) in [5, 5.41) is 17.0. The van der Waals surface area contributed by atoms with Crippen LogP contribution < -0.4 is 0 Å². The second kappa shape index (κ2) is 25.0. The average molecular weight is 356 g/mol. The molecule has 0 rings (SSSR count). The van der Waals surface area contributed by atoms with Gasteiger partial charge in [-0.15, -0.1) is 0 Å². The molecule has 0 saturated carbocycles. The molecule has 0 atom stereocenters. The Morgan fingerprint density at radius 2 is 1.04 bits per heavy atom. The molecule has 0 radical (unpaired) electrons. The van der Waals surface area contributed by atoms with Crippen LogP contribution in [0.3, 0.4) is 0 Å². The van der Waals surface area contributed by atoms with E-state index in [9.17, 15) is 0 Å². The van der Waals surface area contributed by atoms with Crippen molar-refractivity contribution in [3.63, 3.8) is 0 Å². The maximum absolute atomic E-state index is 8.52. The van der Waals surface area contributed by atoms with Gasteiger partial charge in [0.2, 0.25) is 0 Å². The molecular weight excluding hydrogens is 308 g/mol. The molecule has 0 amide bonds. The van der Waals surface area contributed by atoms with Gasteiger partial charge in [-0.05, 0) is 68.7 Å². The SMILES string of the molecule is C.C=C[CH+]CC=CC.CC(C)(C)O.CC(C)(C)O.CC=CCC=CC. The Bertz CT molecular complexity index is 276. The first-order valence-corrected chi connectivity index (χ1v) is 8.55. The first kappa shape index (κ1) is 35.0. The van der Waals surface area contributed by atoms with E-state index < -0.39 is 11.2 Å². The van der Waals surface area contributed by atoms with Crippen LogP contribution in [-0.2, 0) is 0 Å². The van der Waals surface area contributed by atoms with Gasteiger partial charge in [0.1, 0.15) is 0 Å². The summed E-state index contributed by atoms with van der Waals surface area (Å²) < 4.78 is 0. The predicted octanol–water partition coefficient (Wildman–Crippen LogP) is 7.06. The minimum Gasteiger partial charge on any atom is -0.391 e. The van der Waals surface area contributed by atoms with E-state index in [4.69, 9.17) is 10.2 Å². The fourth-order valence-corrected chi connectivity index (χ4v) is 0.662. The summed E-state index contributed by atoms with van der Waals surface area (Å²) in [4.78, 5) is 0. The summed E-state index contributed by atoms with van der Waals surface area (Å²) in [7, 11) is 0. The highest BCUT2D eigenvalue weighted by Gasteiger charge is 1.98. The van der Waals surface area contributed by atoms with Gasteiger partial charge in [0.05, 0.1) is 23.7 Å². The van der Waals surface area contributed by atoms with E-state index in [1.807, 2.05) is 33.3 Å². The third-order valence-corrected chi connectivity index (χ3v) is 1.42. The zero-order valence-corrected chi connectivity index (χ0v) is 17.6. The number of unbranched alkanes of at least 4 members (excludes halogenated alkanes) is 1. The van der Waals surface area contributed by atoms with Gasteiger partial charge >= 0.3 is 0 Å². The average Bonchev–Trinajstić information content (AvgIpc) is 2.37. The highest BCUT2D eigenvalue weighted by molar-refractivity contribution is 4.93. The van der Waals surface area contributed by atoms with Crippen molar-refractivity contribution in [2.24, 2.45) is 0 Å². The molecular formula is C23H47O2+. The van der Waals surface area contributed by atoms with Crippen molar-refractivity contribution in [2.45, 2.75) is 93.8 Å². The Morgan fingerprint density at radius 3 is 1.24 bits per heavy atom. The highest BCUT2D eigenvalue weighted by Crippen LogP contribution is 1.94. The largest absolute Gasteiger partial charge is 0.391 e. The van der Waals surface area contributed by atoms with Crippen LogP contribution >= 0.6 is 0 Å². The molecule has 0 unspecified atom stereocenters. The van der Waals surface area contributed by atoms with E-state index in [-0.39, 0.29) is 7.43 Å². The third kappa shape index (κ3) is 215. The second-order valence-electron chi connectivity index (χ2n) is 6.99. The lowest BCUT2D eigenvalue weighted by Gasteiger charge is -2.04. The molecule has 25 heavy (non-hydrogen) atoms. The van der Waals surface area contributed by atoms with Gasteiger partial charge in [0.25, 0.3) is 0 Å². The first-order chi connectivity index (χ1) is 10.8. The molecule has 0 aromatic heterocycles. The Balaban J connectivity index is -0.0000000711. The zero-order chi connectivity index (χ0) is 20.1. The molecule has 0 heterocycles. The van der Waals surface area contributed by atoms with Gasteiger partial charge in [-0.2, -0.15) is 0 Å². The van der Waals surface area contributed by atoms with Crippen molar-refractivity contribution < 1.29 is 10.2 Å². The number of hydrogen-bond acceptors (Lipinski definition) is 2. The van der Waals surface area contributed by atoms with Crippen LogP contribution in [0.1, 0.15) is 82.6 Å². The van der Waals surface area contributed by atoms with Crippen molar-refractivity contribution in [2.75, 3.05) is 0 Å². The van der Waals surface area contributed by atoms with Gasteiger partial charge in [0, 0.05) is 13.0 Å². The van der Waals surface area contributed by atoms with Crippen LogP contribution in [0.2, 0.25) is 0 Å². The van der Waals surface area contributed by atoms with Gasteiger partial charge < -0.3 is 10.2 Å². The molecule has 2 heteroatoms. The molecule has 2 nitrogen and oxygen atoms in total. The molecule has 0 aliphatic carbocycles. The van der Waals surface area contributed by atoms with E-state index in [1.165, 1.54) is 0 Å². The number of allylic oxidation sites excluding steroid dienone is 7. The molecule has 0 aromatic rings. The van der Waals surface area contributed by atoms with Crippen LogP contribution in [0.5, 0.6) is 0 Å². The molecule has 0 spiro atoms. The summed E-state index contributed by atoms with van der Waals surface area (Å²) in [5.41, 5.74) is -1.00. The number of hydrogen-bond donors (Lipinski definition) is 2. The number of rotatable bonds is 5. The van der Waals surface area contributed by atoms with Crippen molar-refractivity contribution in [1.82, 2.24) is 0 Å². The van der Waals surface area contributed by atoms with Crippen molar-refractivity contribution in [1.29, 1.82) is 0 Å². The summed E-state index contributed by atoms with van der Waals surface area (Å²) in [6.45, 7) is 20.1. The normalized spacial score (nSPS) is 10.7. The molecule has 0 fully saturated rings. The Morgan fingerprint density at radius 1 is 0.760 bits per heavy atom. The van der Waals surface area contributed by atoms with Crippen LogP contribution in [0.15, 0.2) is 49.1 Å². The summed E-state index contributed by atoms with van der Waals surface area (Å²) in [5.74, 6) is 0. The maximum Gasteiger partial charge on any atom is 0.0867 e. The molecule has 0 aliphatic heterocycles. The van der Waals surface area contributed by atoms with Crippen LogP contribution in [0, 0.1) is 6.42 Å². The number of aliphatic hydroxyl groups is 2. The lowest BCUT2D eigenvalue weighted by molar-refractivity contribution is 0.101. The second-order valence-corrected chi connectivity index (χ2v) is 6.99. The minimum atomic E-state index is -0.500. The van der Waals surface area contributed by atoms with Gasteiger partial charge in [-0.25, -0.2) is 0 Å². The summed E-state index contributed by atoms with van der Waals surface area (Å²) in [6.07, 6.45) is 18.4. The summed E-state index contributed by atoms with van der Waals surface area (Å²) in [6, 6.07) is 0. The maximum atomic E-state index is 8.52. The Kier molecular flexibility index (Phi) is 35.0. The van der Waals surface area contributed by atoms with Gasteiger partial charge in [0.15, 0.2) is 0 Å². The fourth-order valence-electron chi connectivity index (χ4n) is 0.662. The van der Waals surface area contributed by atoms with Crippen molar-refractivity contribution in [3.8, 4) is 0 Å². The first-order valence-electron chi connectivity index (χ1n) is 8.55. The van der Waals surface area contributed by atoms with Gasteiger partial charge in [-0.1, -0.05) is 43.9 Å². The smallest absolute Gasteiger partial charge is 0.0867 e. The van der Waals surface area contributed by atoms with E-state index in [0.29, 0.717) is 0 Å². The lowest BCUT2D eigenvalue weighted by Crippen LogP contribution is -2.10. The summed E-state index contributed by atoms with van der Waals surface area (Å²) >= 11 is 0. The quantitative estimate of drug-likeness (QED) is 0.315. The Hall–Kier alpha value is -1.25. The van der Waals surface area contributed by atoms with Gasteiger partial charge in [-0.3, -0.25) is 0 Å². The molecule has 150 valence electrons. The Labute approximate surface area is 160 Å². The van der Waals surface area contributed by atoms with E-state index >= 15 is 0 Å². The van der Waals surface area contributed by atoms with Crippen molar-refractivity contribution >= 4 is 0 Å². The topological polar surface area (TPSA) is 40.5 Å². The van der Waals surface area contributed by atoms with Crippen LogP contribution in [0.25, 0.3) is 0 Å². The molecule has 0 aliphatic rings. The van der Waals surface area contributed by atoms with E-state index in [1.54, 1.807) is 47.6 Å². The van der Waals surface area contributed by atoms with Crippen LogP contribution in [-0.4, -0.2) is 21.4 Å². The van der Waals surface area contributed by atoms with E-state index in [2.05, 4.69) is 37.0 Å². The van der Waals surface area contributed by atoms with Crippen molar-refractivity contribution in [3.05, 3.63) is 55.5 Å². The lowest BCUT2D eigenvalue weighted by atomic mass is 10.2. The molecule has 2 N–H and O–H groups in total. The molecule has 0 bridgehead atoms. The van der Waals surface area contributed by atoms with E-state index in [0.717, 1.165) is 12.8 Å².